The Morgan fingerprint density at radius 3 is 2.63 bits per heavy atom. The first-order valence-electron chi connectivity index (χ1n) is 5.76. The Labute approximate surface area is 110 Å². The molecule has 0 aliphatic carbocycles. The van der Waals surface area contributed by atoms with Crippen LogP contribution in [0.1, 0.15) is 13.3 Å². The lowest BCUT2D eigenvalue weighted by atomic mass is 10.2. The zero-order valence-corrected chi connectivity index (χ0v) is 11.1. The van der Waals surface area contributed by atoms with E-state index in [1.54, 1.807) is 0 Å². The van der Waals surface area contributed by atoms with Crippen LogP contribution in [-0.2, 0) is 10.0 Å². The molecule has 0 saturated carbocycles. The van der Waals surface area contributed by atoms with Crippen molar-refractivity contribution in [1.29, 1.82) is 0 Å². The van der Waals surface area contributed by atoms with Gasteiger partial charge < -0.3 is 0 Å². The van der Waals surface area contributed by atoms with Crippen LogP contribution in [-0.4, -0.2) is 30.7 Å². The van der Waals surface area contributed by atoms with Crippen molar-refractivity contribution in [2.24, 2.45) is 5.92 Å². The fourth-order valence-corrected chi connectivity index (χ4v) is 3.65. The van der Waals surface area contributed by atoms with E-state index in [9.17, 15) is 22.9 Å². The summed E-state index contributed by atoms with van der Waals surface area (Å²) in [6.45, 7) is 2.72. The van der Waals surface area contributed by atoms with Crippen LogP contribution in [0.2, 0.25) is 0 Å². The Morgan fingerprint density at radius 1 is 1.47 bits per heavy atom. The Morgan fingerprint density at radius 2 is 2.16 bits per heavy atom. The minimum absolute atomic E-state index is 0.246. The largest absolute Gasteiger partial charge is 0.304 e. The molecule has 0 N–H and O–H groups in total. The van der Waals surface area contributed by atoms with Gasteiger partial charge in [0, 0.05) is 25.2 Å². The highest BCUT2D eigenvalue weighted by Gasteiger charge is 2.31. The van der Waals surface area contributed by atoms with Gasteiger partial charge in [-0.25, -0.2) is 8.42 Å². The highest BCUT2D eigenvalue weighted by atomic mass is 32.2. The molecule has 19 heavy (non-hydrogen) atoms. The van der Waals surface area contributed by atoms with Gasteiger partial charge in [0.15, 0.2) is 0 Å². The molecule has 0 radical (unpaired) electrons. The summed E-state index contributed by atoms with van der Waals surface area (Å²) in [5.74, 6) is -0.879. The maximum absolute atomic E-state index is 13.5. The fraction of sp³-hybridized carbons (Fsp3) is 0.455. The van der Waals surface area contributed by atoms with Gasteiger partial charge in [0.2, 0.25) is 15.8 Å². The van der Waals surface area contributed by atoms with Gasteiger partial charge in [-0.1, -0.05) is 6.92 Å². The van der Waals surface area contributed by atoms with E-state index in [1.165, 1.54) is 4.31 Å². The second-order valence-corrected chi connectivity index (χ2v) is 6.57. The molecule has 8 heteroatoms. The van der Waals surface area contributed by atoms with Crippen LogP contribution in [0.4, 0.5) is 10.1 Å². The smallest absolute Gasteiger partial charge is 0.258 e. The summed E-state index contributed by atoms with van der Waals surface area (Å²) in [6.07, 6.45) is 0.759. The monoisotopic (exact) mass is 288 g/mol. The number of sulfonamides is 1. The first kappa shape index (κ1) is 13.9. The quantitative estimate of drug-likeness (QED) is 0.627. The second kappa shape index (κ2) is 4.86. The third-order valence-electron chi connectivity index (χ3n) is 3.14. The van der Waals surface area contributed by atoms with Gasteiger partial charge in [-0.2, -0.15) is 8.70 Å². The summed E-state index contributed by atoms with van der Waals surface area (Å²) in [5, 5.41) is 10.5. The van der Waals surface area contributed by atoms with Crippen molar-refractivity contribution >= 4 is 15.7 Å². The molecule has 1 aromatic carbocycles. The molecule has 2 rings (SSSR count). The molecular weight excluding hydrogens is 275 g/mol. The van der Waals surface area contributed by atoms with E-state index in [-0.39, 0.29) is 10.8 Å². The standard InChI is InChI=1S/C11H13FN2O4S/c1-8-4-5-13(7-8)19(17,18)9-2-3-11(14(15)16)10(12)6-9/h2-3,6,8H,4-5,7H2,1H3. The van der Waals surface area contributed by atoms with E-state index >= 15 is 0 Å². The average molecular weight is 288 g/mol. The summed E-state index contributed by atoms with van der Waals surface area (Å²) in [7, 11) is -3.77. The Balaban J connectivity index is 2.36. The molecule has 104 valence electrons. The normalized spacial score (nSPS) is 20.6. The molecule has 0 amide bonds. The second-order valence-electron chi connectivity index (χ2n) is 4.63. The zero-order valence-electron chi connectivity index (χ0n) is 10.2. The number of hydrogen-bond donors (Lipinski definition) is 0. The van der Waals surface area contributed by atoms with Crippen molar-refractivity contribution in [3.63, 3.8) is 0 Å². The zero-order chi connectivity index (χ0) is 14.2. The maximum atomic E-state index is 13.5. The number of halogens is 1. The summed E-state index contributed by atoms with van der Waals surface area (Å²) in [4.78, 5) is 9.36. The molecule has 1 aliphatic rings. The van der Waals surface area contributed by atoms with E-state index in [0.29, 0.717) is 19.2 Å². The minimum Gasteiger partial charge on any atom is -0.258 e. The summed E-state index contributed by atoms with van der Waals surface area (Å²) >= 11 is 0. The number of nitro benzene ring substituents is 1. The van der Waals surface area contributed by atoms with E-state index in [0.717, 1.165) is 18.6 Å². The van der Waals surface area contributed by atoms with Crippen LogP contribution in [0, 0.1) is 21.8 Å². The first-order valence-corrected chi connectivity index (χ1v) is 7.20. The van der Waals surface area contributed by atoms with Crippen molar-refractivity contribution in [3.8, 4) is 0 Å². The first-order chi connectivity index (χ1) is 8.82. The highest BCUT2D eigenvalue weighted by molar-refractivity contribution is 7.89. The molecule has 0 aromatic heterocycles. The van der Waals surface area contributed by atoms with Gasteiger partial charge >= 0.3 is 5.69 Å². The van der Waals surface area contributed by atoms with Crippen LogP contribution in [0.15, 0.2) is 23.1 Å². The van der Waals surface area contributed by atoms with E-state index in [2.05, 4.69) is 0 Å². The van der Waals surface area contributed by atoms with Crippen molar-refractivity contribution < 1.29 is 17.7 Å². The van der Waals surface area contributed by atoms with Crippen LogP contribution in [0.3, 0.4) is 0 Å². The number of benzene rings is 1. The van der Waals surface area contributed by atoms with Gasteiger partial charge in [-0.3, -0.25) is 10.1 Å². The van der Waals surface area contributed by atoms with Gasteiger partial charge in [0.1, 0.15) is 0 Å². The molecule has 1 saturated heterocycles. The van der Waals surface area contributed by atoms with Crippen LogP contribution < -0.4 is 0 Å². The van der Waals surface area contributed by atoms with E-state index in [1.807, 2.05) is 6.92 Å². The molecule has 1 atom stereocenters. The fourth-order valence-electron chi connectivity index (χ4n) is 2.06. The van der Waals surface area contributed by atoms with Crippen molar-refractivity contribution in [3.05, 3.63) is 34.1 Å². The van der Waals surface area contributed by atoms with Crippen LogP contribution in [0.5, 0.6) is 0 Å². The third-order valence-corrected chi connectivity index (χ3v) is 5.00. The molecule has 1 heterocycles. The van der Waals surface area contributed by atoms with Gasteiger partial charge in [0.25, 0.3) is 0 Å². The molecule has 1 unspecified atom stereocenters. The molecule has 6 nitrogen and oxygen atoms in total. The third kappa shape index (κ3) is 2.59. The molecule has 0 spiro atoms. The Kier molecular flexibility index (Phi) is 3.55. The van der Waals surface area contributed by atoms with Crippen LogP contribution in [0.25, 0.3) is 0 Å². The van der Waals surface area contributed by atoms with Crippen LogP contribution >= 0.6 is 0 Å². The summed E-state index contributed by atoms with van der Waals surface area (Å²) < 4.78 is 39.2. The Hall–Kier alpha value is -1.54. The maximum Gasteiger partial charge on any atom is 0.304 e. The molecule has 1 fully saturated rings. The van der Waals surface area contributed by atoms with Crippen molar-refractivity contribution in [2.75, 3.05) is 13.1 Å². The Bertz CT molecular complexity index is 617. The van der Waals surface area contributed by atoms with Gasteiger partial charge in [0.05, 0.1) is 9.82 Å². The summed E-state index contributed by atoms with van der Waals surface area (Å²) in [6, 6.07) is 2.65. The molecule has 1 aromatic rings. The minimum atomic E-state index is -3.77. The number of rotatable bonds is 3. The van der Waals surface area contributed by atoms with Crippen molar-refractivity contribution in [1.82, 2.24) is 4.31 Å². The molecule has 1 aliphatic heterocycles. The van der Waals surface area contributed by atoms with Gasteiger partial charge in [-0.15, -0.1) is 0 Å². The van der Waals surface area contributed by atoms with Crippen molar-refractivity contribution in [2.45, 2.75) is 18.2 Å². The van der Waals surface area contributed by atoms with Gasteiger partial charge in [-0.05, 0) is 18.4 Å². The number of hydrogen-bond acceptors (Lipinski definition) is 4. The molecule has 0 bridgehead atoms. The average Bonchev–Trinajstić information content (AvgIpc) is 2.76. The van der Waals surface area contributed by atoms with E-state index in [4.69, 9.17) is 0 Å². The van der Waals surface area contributed by atoms with E-state index < -0.39 is 26.5 Å². The predicted molar refractivity (Wildman–Crippen MR) is 65.6 cm³/mol. The lowest BCUT2D eigenvalue weighted by Crippen LogP contribution is -2.28. The highest BCUT2D eigenvalue weighted by Crippen LogP contribution is 2.26. The SMILES string of the molecule is CC1CCN(S(=O)(=O)c2ccc([N+](=O)[O-])c(F)c2)C1. The lowest BCUT2D eigenvalue weighted by molar-refractivity contribution is -0.387. The lowest BCUT2D eigenvalue weighted by Gasteiger charge is -2.15. The molecular formula is C11H13FN2O4S. The number of nitro groups is 1. The topological polar surface area (TPSA) is 80.5 Å². The summed E-state index contributed by atoms with van der Waals surface area (Å²) in [5.41, 5.74) is -0.728. The predicted octanol–water partition coefficient (Wildman–Crippen LogP) is 1.76. The number of nitrogens with zero attached hydrogens (tertiary/aromatic N) is 2.